The van der Waals surface area contributed by atoms with Gasteiger partial charge in [-0.1, -0.05) is 23.9 Å². The Bertz CT molecular complexity index is 829. The fraction of sp³-hybridized carbons (Fsp3) is 0.471. The molecule has 2 aliphatic heterocycles. The van der Waals surface area contributed by atoms with E-state index < -0.39 is 0 Å². The van der Waals surface area contributed by atoms with Crippen LogP contribution >= 0.6 is 11.8 Å². The molecule has 7 heteroatoms. The summed E-state index contributed by atoms with van der Waals surface area (Å²) in [5.41, 5.74) is 0.574. The van der Waals surface area contributed by atoms with E-state index in [1.807, 2.05) is 18.2 Å². The van der Waals surface area contributed by atoms with E-state index in [2.05, 4.69) is 4.98 Å². The van der Waals surface area contributed by atoms with Crippen molar-refractivity contribution in [1.82, 2.24) is 9.55 Å². The molecule has 4 rings (SSSR count). The summed E-state index contributed by atoms with van der Waals surface area (Å²) in [6, 6.07) is 7.31. The zero-order valence-corrected chi connectivity index (χ0v) is 14.0. The highest BCUT2D eigenvalue weighted by molar-refractivity contribution is 8.00. The molecule has 0 amide bonds. The van der Waals surface area contributed by atoms with Crippen molar-refractivity contribution in [3.63, 3.8) is 0 Å². The number of carbonyl (C=O) groups excluding carboxylic acids is 1. The molecule has 0 bridgehead atoms. The lowest BCUT2D eigenvalue weighted by molar-refractivity contribution is -0.137. The number of esters is 1. The van der Waals surface area contributed by atoms with Gasteiger partial charge in [0.25, 0.3) is 5.56 Å². The van der Waals surface area contributed by atoms with Crippen LogP contribution in [0.2, 0.25) is 0 Å². The quantitative estimate of drug-likeness (QED) is 0.623. The molecule has 1 aromatic heterocycles. The van der Waals surface area contributed by atoms with Gasteiger partial charge in [-0.15, -0.1) is 0 Å². The van der Waals surface area contributed by atoms with Crippen LogP contribution in [-0.2, 0) is 20.8 Å². The lowest BCUT2D eigenvalue weighted by Gasteiger charge is -2.17. The second kappa shape index (κ2) is 6.57. The third-order valence-corrected chi connectivity index (χ3v) is 5.61. The maximum Gasteiger partial charge on any atom is 0.319 e. The van der Waals surface area contributed by atoms with Crippen molar-refractivity contribution in [1.29, 1.82) is 0 Å². The maximum absolute atomic E-state index is 12.9. The normalized spacial score (nSPS) is 23.8. The molecule has 0 spiro atoms. The molecule has 2 aromatic rings. The molecule has 0 aliphatic carbocycles. The van der Waals surface area contributed by atoms with Crippen molar-refractivity contribution in [2.45, 2.75) is 42.3 Å². The van der Waals surface area contributed by atoms with Gasteiger partial charge < -0.3 is 9.47 Å². The Hall–Kier alpha value is -1.86. The molecular weight excluding hydrogens is 328 g/mol. The van der Waals surface area contributed by atoms with Crippen LogP contribution in [0.25, 0.3) is 10.9 Å². The highest BCUT2D eigenvalue weighted by Gasteiger charge is 2.30. The second-order valence-corrected chi connectivity index (χ2v) is 7.19. The van der Waals surface area contributed by atoms with Gasteiger partial charge in [-0.3, -0.25) is 14.2 Å². The molecule has 24 heavy (non-hydrogen) atoms. The average molecular weight is 346 g/mol. The Morgan fingerprint density at radius 3 is 2.83 bits per heavy atom. The zero-order chi connectivity index (χ0) is 16.5. The first kappa shape index (κ1) is 15.7. The number of hydrogen-bond acceptors (Lipinski definition) is 6. The molecule has 0 N–H and O–H groups in total. The number of aromatic nitrogens is 2. The molecule has 0 saturated carbocycles. The summed E-state index contributed by atoms with van der Waals surface area (Å²) < 4.78 is 12.4. The molecular formula is C17H18N2O4S. The SMILES string of the molecule is O=C1OCC[C@H]1Sc1nc2ccccc2c(=O)n1C[C@@H]1CCCO1. The molecule has 0 unspecified atom stereocenters. The number of para-hydroxylation sites is 1. The molecule has 2 saturated heterocycles. The summed E-state index contributed by atoms with van der Waals surface area (Å²) in [4.78, 5) is 29.4. The first-order valence-corrected chi connectivity index (χ1v) is 9.05. The van der Waals surface area contributed by atoms with Crippen LogP contribution in [-0.4, -0.2) is 40.1 Å². The Kier molecular flexibility index (Phi) is 4.28. The first-order chi connectivity index (χ1) is 11.7. The second-order valence-electron chi connectivity index (χ2n) is 6.02. The predicted molar refractivity (Wildman–Crippen MR) is 90.2 cm³/mol. The van der Waals surface area contributed by atoms with Gasteiger partial charge in [-0.05, 0) is 25.0 Å². The number of carbonyl (C=O) groups is 1. The van der Waals surface area contributed by atoms with Crippen LogP contribution in [0.3, 0.4) is 0 Å². The lowest BCUT2D eigenvalue weighted by Crippen LogP contribution is -2.29. The van der Waals surface area contributed by atoms with Crippen molar-refractivity contribution >= 4 is 28.6 Å². The molecule has 2 aliphatic rings. The van der Waals surface area contributed by atoms with Gasteiger partial charge in [0.05, 0.1) is 30.2 Å². The fourth-order valence-electron chi connectivity index (χ4n) is 3.10. The number of ether oxygens (including phenoxy) is 2. The molecule has 0 radical (unpaired) electrons. The number of cyclic esters (lactones) is 1. The molecule has 2 atom stereocenters. The highest BCUT2D eigenvalue weighted by atomic mass is 32.2. The van der Waals surface area contributed by atoms with E-state index in [1.165, 1.54) is 11.8 Å². The minimum Gasteiger partial charge on any atom is -0.465 e. The van der Waals surface area contributed by atoms with Crippen LogP contribution in [0.5, 0.6) is 0 Å². The summed E-state index contributed by atoms with van der Waals surface area (Å²) in [5.74, 6) is -0.230. The summed E-state index contributed by atoms with van der Waals surface area (Å²) in [6.45, 7) is 1.64. The summed E-state index contributed by atoms with van der Waals surface area (Å²) in [6.07, 6.45) is 2.62. The van der Waals surface area contributed by atoms with E-state index in [4.69, 9.17) is 9.47 Å². The number of nitrogens with zero attached hydrogens (tertiary/aromatic N) is 2. The third kappa shape index (κ3) is 2.93. The van der Waals surface area contributed by atoms with Crippen molar-refractivity contribution in [3.05, 3.63) is 34.6 Å². The van der Waals surface area contributed by atoms with Gasteiger partial charge in [0.15, 0.2) is 5.16 Å². The van der Waals surface area contributed by atoms with Crippen molar-refractivity contribution in [2.24, 2.45) is 0 Å². The van der Waals surface area contributed by atoms with Crippen molar-refractivity contribution in [2.75, 3.05) is 13.2 Å². The molecule has 2 fully saturated rings. The lowest BCUT2D eigenvalue weighted by atomic mass is 10.2. The van der Waals surface area contributed by atoms with Crippen LogP contribution in [0.15, 0.2) is 34.2 Å². The number of fused-ring (bicyclic) bond motifs is 1. The molecule has 3 heterocycles. The van der Waals surface area contributed by atoms with Crippen LogP contribution in [0.4, 0.5) is 0 Å². The van der Waals surface area contributed by atoms with Gasteiger partial charge in [-0.2, -0.15) is 0 Å². The van der Waals surface area contributed by atoms with Gasteiger partial charge in [0.1, 0.15) is 5.25 Å². The minimum atomic E-state index is -0.297. The van der Waals surface area contributed by atoms with E-state index in [1.54, 1.807) is 10.6 Å². The van der Waals surface area contributed by atoms with E-state index >= 15 is 0 Å². The first-order valence-electron chi connectivity index (χ1n) is 8.17. The number of hydrogen-bond donors (Lipinski definition) is 0. The van der Waals surface area contributed by atoms with E-state index in [0.717, 1.165) is 19.4 Å². The Morgan fingerprint density at radius 2 is 2.08 bits per heavy atom. The predicted octanol–water partition coefficient (Wildman–Crippen LogP) is 1.98. The number of benzene rings is 1. The van der Waals surface area contributed by atoms with Gasteiger partial charge in [0, 0.05) is 13.0 Å². The fourth-order valence-corrected chi connectivity index (χ4v) is 4.17. The summed E-state index contributed by atoms with van der Waals surface area (Å²) >= 11 is 1.32. The largest absolute Gasteiger partial charge is 0.465 e. The van der Waals surface area contributed by atoms with E-state index in [9.17, 15) is 9.59 Å². The Labute approximate surface area is 143 Å². The number of thioether (sulfide) groups is 1. The Morgan fingerprint density at radius 1 is 1.21 bits per heavy atom. The van der Waals surface area contributed by atoms with Gasteiger partial charge in [-0.25, -0.2) is 4.98 Å². The average Bonchev–Trinajstić information content (AvgIpc) is 3.23. The van der Waals surface area contributed by atoms with Crippen molar-refractivity contribution in [3.8, 4) is 0 Å². The maximum atomic E-state index is 12.9. The standard InChI is InChI=1S/C17H18N2O4S/c20-15-12-5-1-2-6-13(12)18-17(24-14-7-9-23-16(14)21)19(15)10-11-4-3-8-22-11/h1-2,5-6,11,14H,3-4,7-10H2/t11-,14+/m0/s1. The van der Waals surface area contributed by atoms with E-state index in [-0.39, 0.29) is 22.9 Å². The minimum absolute atomic E-state index is 0.0283. The van der Waals surface area contributed by atoms with Gasteiger partial charge in [0.2, 0.25) is 0 Å². The number of rotatable bonds is 4. The summed E-state index contributed by atoms with van der Waals surface area (Å²) in [7, 11) is 0. The van der Waals surface area contributed by atoms with Crippen LogP contribution in [0.1, 0.15) is 19.3 Å². The topological polar surface area (TPSA) is 70.4 Å². The van der Waals surface area contributed by atoms with Crippen LogP contribution < -0.4 is 5.56 Å². The third-order valence-electron chi connectivity index (χ3n) is 4.37. The smallest absolute Gasteiger partial charge is 0.319 e. The van der Waals surface area contributed by atoms with Crippen molar-refractivity contribution < 1.29 is 14.3 Å². The van der Waals surface area contributed by atoms with Gasteiger partial charge >= 0.3 is 5.97 Å². The molecule has 1 aromatic carbocycles. The molecule has 126 valence electrons. The molecule has 6 nitrogen and oxygen atoms in total. The van der Waals surface area contributed by atoms with Crippen LogP contribution in [0, 0.1) is 0 Å². The summed E-state index contributed by atoms with van der Waals surface area (Å²) in [5, 5.41) is 0.862. The highest BCUT2D eigenvalue weighted by Crippen LogP contribution is 2.29. The zero-order valence-electron chi connectivity index (χ0n) is 13.1. The van der Waals surface area contributed by atoms with E-state index in [0.29, 0.717) is 35.6 Å². The monoisotopic (exact) mass is 346 g/mol. The Balaban J connectivity index is 1.76.